The van der Waals surface area contributed by atoms with Crippen molar-refractivity contribution in [1.29, 1.82) is 0 Å². The van der Waals surface area contributed by atoms with Crippen LogP contribution in [0.1, 0.15) is 34.6 Å². The Labute approximate surface area is 179 Å². The summed E-state index contributed by atoms with van der Waals surface area (Å²) in [4.78, 5) is 0. The molecular formula is C28H30Ti. The van der Waals surface area contributed by atoms with Gasteiger partial charge >= 0.3 is 180 Å². The fourth-order valence-corrected chi connectivity index (χ4v) is 14.4. The second kappa shape index (κ2) is 7.60. The minimum absolute atomic E-state index is 0.0513. The Morgan fingerprint density at radius 1 is 0.517 bits per heavy atom. The zero-order valence-corrected chi connectivity index (χ0v) is 19.7. The zero-order chi connectivity index (χ0) is 20.6. The van der Waals surface area contributed by atoms with E-state index in [2.05, 4.69) is 126 Å². The molecule has 3 aromatic rings. The van der Waals surface area contributed by atoms with Gasteiger partial charge in [0.2, 0.25) is 0 Å². The van der Waals surface area contributed by atoms with E-state index in [0.29, 0.717) is 0 Å². The Morgan fingerprint density at radius 3 is 1.14 bits per heavy atom. The molecule has 0 saturated carbocycles. The zero-order valence-electron chi connectivity index (χ0n) is 18.2. The van der Waals surface area contributed by atoms with Crippen molar-refractivity contribution in [3.63, 3.8) is 0 Å². The molecule has 0 unspecified atom stereocenters. The third-order valence-corrected chi connectivity index (χ3v) is 15.4. The summed E-state index contributed by atoms with van der Waals surface area (Å²) in [5.41, 5.74) is 4.55. The predicted octanol–water partition coefficient (Wildman–Crippen LogP) is 5.77. The van der Waals surface area contributed by atoms with Crippen molar-refractivity contribution in [3.05, 3.63) is 112 Å². The van der Waals surface area contributed by atoms with Crippen molar-refractivity contribution in [2.45, 2.75) is 34.6 Å². The van der Waals surface area contributed by atoms with E-state index in [9.17, 15) is 0 Å². The molecule has 4 rings (SSSR count). The minimum atomic E-state index is -3.17. The number of hydrogen-bond donors (Lipinski definition) is 0. The Kier molecular flexibility index (Phi) is 5.28. The van der Waals surface area contributed by atoms with E-state index in [1.165, 1.54) is 28.3 Å². The maximum absolute atomic E-state index is 3.17. The molecule has 0 saturated heterocycles. The van der Waals surface area contributed by atoms with Gasteiger partial charge in [-0.3, -0.25) is 0 Å². The molecule has 0 nitrogen and oxygen atoms in total. The molecule has 0 radical (unpaired) electrons. The molecule has 146 valence electrons. The average molecular weight is 414 g/mol. The summed E-state index contributed by atoms with van der Waals surface area (Å²) in [6, 6.07) is 34.0. The molecule has 0 aliphatic heterocycles. The summed E-state index contributed by atoms with van der Waals surface area (Å²) in [7, 11) is 0. The van der Waals surface area contributed by atoms with Gasteiger partial charge in [0.25, 0.3) is 0 Å². The van der Waals surface area contributed by atoms with Crippen LogP contribution in [-0.2, 0) is 16.6 Å². The van der Waals surface area contributed by atoms with Crippen LogP contribution in [0.5, 0.6) is 0 Å². The standard InChI is InChI=1S/C10H15.3C6H5.Ti/c1-7-6-10(4,5)9(3)8(7)2;3*1-2-4-6-5-3-1;/h1-5H3;3*1-5H;. The number of hydrogen-bond acceptors (Lipinski definition) is 0. The SMILES string of the molecule is CC1=C(C)C(C)(C)[C]([Ti]([c]2ccccc2)([c]2ccccc2)[c]2ccccc2)=C1C. The van der Waals surface area contributed by atoms with Crippen LogP contribution in [0, 0.1) is 5.41 Å². The van der Waals surface area contributed by atoms with Gasteiger partial charge in [0.1, 0.15) is 0 Å². The van der Waals surface area contributed by atoms with E-state index in [1.54, 1.807) is 3.88 Å². The fraction of sp³-hybridized carbons (Fsp3) is 0.214. The number of allylic oxidation sites excluding steroid dienone is 4. The maximum atomic E-state index is 2.44. The van der Waals surface area contributed by atoms with E-state index in [-0.39, 0.29) is 5.41 Å². The van der Waals surface area contributed by atoms with Crippen LogP contribution in [0.15, 0.2) is 112 Å². The summed E-state index contributed by atoms with van der Waals surface area (Å²) in [6.45, 7) is 11.9. The molecule has 0 bridgehead atoms. The van der Waals surface area contributed by atoms with Crippen LogP contribution in [0.3, 0.4) is 0 Å². The third kappa shape index (κ3) is 3.01. The summed E-state index contributed by atoms with van der Waals surface area (Å²) in [6.07, 6.45) is 0. The van der Waals surface area contributed by atoms with Gasteiger partial charge in [-0.25, -0.2) is 0 Å². The van der Waals surface area contributed by atoms with Crippen molar-refractivity contribution in [2.75, 3.05) is 0 Å². The average Bonchev–Trinajstić information content (AvgIpc) is 2.91. The molecule has 0 atom stereocenters. The van der Waals surface area contributed by atoms with E-state index in [4.69, 9.17) is 0 Å². The van der Waals surface area contributed by atoms with Gasteiger partial charge in [-0.1, -0.05) is 0 Å². The van der Waals surface area contributed by atoms with Crippen molar-refractivity contribution in [3.8, 4) is 0 Å². The van der Waals surface area contributed by atoms with Gasteiger partial charge in [0.05, 0.1) is 0 Å². The summed E-state index contributed by atoms with van der Waals surface area (Å²) in [5, 5.41) is 0. The molecule has 3 aromatic carbocycles. The summed E-state index contributed by atoms with van der Waals surface area (Å²) >= 11 is -3.17. The molecule has 0 N–H and O–H groups in total. The first-order chi connectivity index (χ1) is 13.9. The Morgan fingerprint density at radius 2 is 0.862 bits per heavy atom. The predicted molar refractivity (Wildman–Crippen MR) is 123 cm³/mol. The second-order valence-corrected chi connectivity index (χ2v) is 14.6. The quantitative estimate of drug-likeness (QED) is 0.476. The van der Waals surface area contributed by atoms with Crippen LogP contribution in [0.2, 0.25) is 0 Å². The molecule has 0 fully saturated rings. The molecule has 0 aromatic heterocycles. The first-order valence-electron chi connectivity index (χ1n) is 10.5. The molecule has 0 heterocycles. The fourth-order valence-electron chi connectivity index (χ4n) is 5.34. The van der Waals surface area contributed by atoms with E-state index >= 15 is 0 Å². The van der Waals surface area contributed by atoms with Crippen LogP contribution in [-0.4, -0.2) is 0 Å². The van der Waals surface area contributed by atoms with Gasteiger partial charge in [0.15, 0.2) is 0 Å². The first-order valence-corrected chi connectivity index (χ1v) is 13.6. The topological polar surface area (TPSA) is 0 Å². The first kappa shape index (κ1) is 20.1. The Hall–Kier alpha value is -2.15. The van der Waals surface area contributed by atoms with Crippen molar-refractivity contribution in [2.24, 2.45) is 5.41 Å². The molecule has 0 spiro atoms. The van der Waals surface area contributed by atoms with Crippen LogP contribution < -0.4 is 11.6 Å². The van der Waals surface area contributed by atoms with Crippen LogP contribution in [0.25, 0.3) is 0 Å². The number of benzene rings is 3. The second-order valence-electron chi connectivity index (χ2n) is 8.72. The van der Waals surface area contributed by atoms with E-state index in [0.717, 1.165) is 0 Å². The molecule has 0 amide bonds. The van der Waals surface area contributed by atoms with Gasteiger partial charge < -0.3 is 0 Å². The van der Waals surface area contributed by atoms with Gasteiger partial charge in [0, 0.05) is 0 Å². The molecule has 29 heavy (non-hydrogen) atoms. The Balaban J connectivity index is 2.20. The van der Waals surface area contributed by atoms with E-state index < -0.39 is 16.6 Å². The normalized spacial score (nSPS) is 16.4. The van der Waals surface area contributed by atoms with Crippen molar-refractivity contribution in [1.82, 2.24) is 0 Å². The number of rotatable bonds is 4. The van der Waals surface area contributed by atoms with Crippen molar-refractivity contribution < 1.29 is 16.6 Å². The summed E-state index contributed by atoms with van der Waals surface area (Å²) < 4.78 is 6.20. The molecule has 1 aliphatic carbocycles. The van der Waals surface area contributed by atoms with Gasteiger partial charge in [-0.05, 0) is 0 Å². The van der Waals surface area contributed by atoms with Crippen LogP contribution >= 0.6 is 0 Å². The molecular weight excluding hydrogens is 384 g/mol. The molecule has 1 heteroatoms. The van der Waals surface area contributed by atoms with Gasteiger partial charge in [-0.2, -0.15) is 0 Å². The third-order valence-electron chi connectivity index (χ3n) is 7.06. The van der Waals surface area contributed by atoms with Crippen LogP contribution in [0.4, 0.5) is 0 Å². The molecule has 1 aliphatic rings. The van der Waals surface area contributed by atoms with E-state index in [1.807, 2.05) is 0 Å². The Bertz CT molecular complexity index is 974. The monoisotopic (exact) mass is 414 g/mol. The van der Waals surface area contributed by atoms with Gasteiger partial charge in [-0.15, -0.1) is 0 Å². The summed E-state index contributed by atoms with van der Waals surface area (Å²) in [5.74, 6) is 0. The van der Waals surface area contributed by atoms with Crippen molar-refractivity contribution >= 4 is 11.6 Å².